The van der Waals surface area contributed by atoms with Gasteiger partial charge in [0.25, 0.3) is 53.7 Å². The van der Waals surface area contributed by atoms with Crippen molar-refractivity contribution in [3.63, 3.8) is 0 Å². The molecule has 38 nitrogen and oxygen atoms in total. The normalized spacial score (nSPS) is 15.1. The molecule has 0 saturated carbocycles. The number of aromatic nitrogens is 4. The van der Waals surface area contributed by atoms with E-state index in [1.54, 1.807) is 30.8 Å². The monoisotopic (exact) mass is 1670 g/mol. The Labute approximate surface area is 707 Å². The van der Waals surface area contributed by atoms with E-state index >= 15 is 9.59 Å². The van der Waals surface area contributed by atoms with Crippen molar-refractivity contribution in [3.8, 4) is 6.07 Å². The van der Waals surface area contributed by atoms with Crippen LogP contribution < -0.4 is 92.2 Å². The zero-order chi connectivity index (χ0) is 81.9. The molecule has 0 bridgehead atoms. The molecule has 0 radical (unpaired) electrons. The van der Waals surface area contributed by atoms with Gasteiger partial charge in [-0.15, -0.1) is 12.1 Å². The number of ether oxygens (including phenoxy) is 1. The Balaban J connectivity index is 0.000000358. The van der Waals surface area contributed by atoms with E-state index in [9.17, 15) is 76.7 Å². The number of fused-ring (bicyclic) bond motifs is 6. The number of nitrogens with zero attached hydrogens (tertiary/aromatic N) is 9. The van der Waals surface area contributed by atoms with Crippen LogP contribution in [-0.2, 0) is 47.9 Å². The first-order chi connectivity index (χ1) is 53.0. The molecule has 8 aliphatic rings. The Bertz CT molecular complexity index is 4870. The van der Waals surface area contributed by atoms with Crippen LogP contribution in [0.4, 0.5) is 0 Å². The minimum absolute atomic E-state index is 0. The second-order valence-electron chi connectivity index (χ2n) is 21.7. The number of rotatable bonds is 7. The van der Waals surface area contributed by atoms with E-state index in [2.05, 4.69) is 36.4 Å². The molecule has 0 spiro atoms. The minimum atomic E-state index is -1.55. The smallest absolute Gasteiger partial charge is 0.471 e. The second kappa shape index (κ2) is 40.3. The number of allylic oxidation sites excluding steroid dienone is 4. The molecule has 6 heterocycles. The number of halogens is 4. The van der Waals surface area contributed by atoms with E-state index in [1.165, 1.54) is 148 Å². The summed E-state index contributed by atoms with van der Waals surface area (Å²) in [5.41, 5.74) is 13.9. The molecule has 0 fully saturated rings. The molecule has 115 heavy (non-hydrogen) atoms. The molecule has 43 heteroatoms. The summed E-state index contributed by atoms with van der Waals surface area (Å²) in [5.74, 6) is -7.79. The number of nitriles is 1. The predicted octanol–water partition coefficient (Wildman–Crippen LogP) is -2.04. The number of nitrogens with two attached hydrogens (primary N) is 6. The van der Waals surface area contributed by atoms with Gasteiger partial charge in [-0.1, -0.05) is 94.9 Å². The number of methoxy groups -OCH3 is 1. The summed E-state index contributed by atoms with van der Waals surface area (Å²) in [4.78, 5) is 256. The number of Topliss-reactive ketones (excluding diaryl/α,β-unsaturated/α-hetero) is 6. The van der Waals surface area contributed by atoms with Gasteiger partial charge < -0.3 is 54.4 Å². The zero-order valence-electron chi connectivity index (χ0n) is 58.8. The van der Waals surface area contributed by atoms with Gasteiger partial charge in [0.15, 0.2) is 0 Å². The van der Waals surface area contributed by atoms with E-state index in [4.69, 9.17) is 79.4 Å². The summed E-state index contributed by atoms with van der Waals surface area (Å²) >= 11 is 21.5. The van der Waals surface area contributed by atoms with Crippen molar-refractivity contribution in [1.29, 1.82) is 5.26 Å². The Hall–Kier alpha value is -13.3. The van der Waals surface area contributed by atoms with Crippen molar-refractivity contribution < 1.29 is 158 Å². The SMILES string of the molecule is CC#N.COC=O.N.NC1=C(N)C(=O)C(N)=C(N)C1=O.NN.O.O.O=C1C(Cl)=C(Cl)C(=O)C(Cl)=C1Cl.O=C1C(N2C(=O)c3ccccc3C2=O)=C(N2C(=O)c3ccccc3C2=O)C(=O)C(N2C(=O)c3ccccc3C2=O)=C1N1C(=O)c2ccccc2C1=O.O=C1c2nccnc2C(=O)c2nccnc21.O=[C-]c1ccccc1[C-]=O.[K+]. The van der Waals surface area contributed by atoms with Crippen molar-refractivity contribution in [3.05, 3.63) is 290 Å². The number of hydrogen-bond donors (Lipinski definition) is 7. The number of benzene rings is 5. The average Bonchev–Trinajstić information content (AvgIpc) is 1.57. The van der Waals surface area contributed by atoms with Gasteiger partial charge in [-0.2, -0.15) is 5.26 Å². The molecule has 0 atom stereocenters. The van der Waals surface area contributed by atoms with Crippen LogP contribution in [0.25, 0.3) is 0 Å². The Morgan fingerprint density at radius 3 is 0.687 bits per heavy atom. The topological polar surface area (TPSA) is 676 Å². The van der Waals surface area contributed by atoms with Gasteiger partial charge >= 0.3 is 51.4 Å². The standard InChI is InChI=1S/C38H16N4O10.C10H4N4O2.C8H4O2.C6Cl4O2.C6H8N4O2.C2H3N.C2H4O2.K.H4N2.H3N.2H2O/c43-29-25(39-31(45)17-9-1-2-10-18(17)32(39)46)26(40-33(47)19-11-3-4-12-20(19)34(40)48)30(44)28(42-37(51)23-15-7-8-16-24(23)38(42)52)27(29)41-35(49)21-13-5-6-14-22(21)36(41)50;15-9-5-6(12-2-1-11-5)10(16)8-7(9)13-3-4-14-8;9-5-7-3-1-2-4-8(7)6-10;2*7-1-2(8)6(12)4(10)3(9)5(1)11;1-2-3;1-4-2-3;;1-2;;;/h1-16H;1-4H;1-4H;;7-10H2;1H3;2H,1H3;;1-2H2;1H3;2*1H2/q;;-2;;;;;+1;;;;. The second-order valence-corrected chi connectivity index (χ2v) is 23.2. The van der Waals surface area contributed by atoms with Crippen LogP contribution in [0.5, 0.6) is 0 Å². The van der Waals surface area contributed by atoms with Crippen molar-refractivity contribution >= 4 is 159 Å². The molecule has 0 unspecified atom stereocenters. The first kappa shape index (κ1) is 94.1. The Morgan fingerprint density at radius 1 is 0.365 bits per heavy atom. The molecule has 5 aromatic carbocycles. The molecule has 580 valence electrons. The number of hydrogen-bond acceptors (Lipinski definition) is 32. The van der Waals surface area contributed by atoms with Gasteiger partial charge in [0, 0.05) is 31.7 Å². The van der Waals surface area contributed by atoms with Crippen molar-refractivity contribution in [2.75, 3.05) is 7.11 Å². The zero-order valence-corrected chi connectivity index (χ0v) is 65.0. The van der Waals surface area contributed by atoms with E-state index in [0.29, 0.717) is 26.1 Å². The van der Waals surface area contributed by atoms with Gasteiger partial charge in [0.05, 0.1) is 57.7 Å². The predicted molar refractivity (Wildman–Crippen MR) is 392 cm³/mol. The van der Waals surface area contributed by atoms with Crippen LogP contribution in [0.15, 0.2) is 212 Å². The van der Waals surface area contributed by atoms with E-state index in [-0.39, 0.29) is 170 Å². The van der Waals surface area contributed by atoms with Crippen LogP contribution in [0, 0.1) is 11.3 Å². The van der Waals surface area contributed by atoms with Gasteiger partial charge in [-0.25, -0.2) is 51.7 Å². The minimum Gasteiger partial charge on any atom is -0.471 e. The Kier molecular flexibility index (Phi) is 32.9. The van der Waals surface area contributed by atoms with Crippen molar-refractivity contribution in [1.82, 2.24) is 45.7 Å². The fourth-order valence-corrected chi connectivity index (χ4v) is 11.5. The molecule has 7 aromatic rings. The summed E-state index contributed by atoms with van der Waals surface area (Å²) in [5, 5.41) is 5.75. The molecule has 15 rings (SSSR count). The van der Waals surface area contributed by atoms with Gasteiger partial charge in [0.2, 0.25) is 46.3 Å². The fourth-order valence-electron chi connectivity index (χ4n) is 10.7. The Morgan fingerprint density at radius 2 is 0.530 bits per heavy atom. The molecular formula is C72H50Cl4KN16O22-. The summed E-state index contributed by atoms with van der Waals surface area (Å²) in [6.07, 6.45) is 8.73. The number of hydrazine groups is 1. The van der Waals surface area contributed by atoms with Crippen LogP contribution >= 0.6 is 46.4 Å². The molecule has 19 N–H and O–H groups in total. The first-order valence-electron chi connectivity index (χ1n) is 30.4. The molecule has 2 aromatic heterocycles. The number of amides is 8. The van der Waals surface area contributed by atoms with Gasteiger partial charge in [-0.3, -0.25) is 104 Å². The molecule has 4 aliphatic carbocycles. The molecule has 8 amide bonds. The quantitative estimate of drug-likeness (QED) is 0.0172. The van der Waals surface area contributed by atoms with Crippen molar-refractivity contribution in [2.24, 2.45) is 34.6 Å². The van der Waals surface area contributed by atoms with Crippen LogP contribution in [0.3, 0.4) is 0 Å². The third-order valence-corrected chi connectivity index (χ3v) is 17.3. The first-order valence-corrected chi connectivity index (χ1v) is 31.9. The van der Waals surface area contributed by atoms with Crippen LogP contribution in [0.1, 0.15) is 133 Å². The van der Waals surface area contributed by atoms with E-state index < -0.39 is 136 Å². The maximum atomic E-state index is 15.2. The summed E-state index contributed by atoms with van der Waals surface area (Å²) in [7, 11) is 1.31. The summed E-state index contributed by atoms with van der Waals surface area (Å²) in [6.45, 7) is 1.81. The maximum absolute atomic E-state index is 15.2. The number of carbonyl (C=O) groups is 17. The maximum Gasteiger partial charge on any atom is 1.00 e. The number of ketones is 8. The summed E-state index contributed by atoms with van der Waals surface area (Å²) < 4.78 is 3.86. The fraction of sp³-hybridized carbons (Fsp3) is 0.0278. The van der Waals surface area contributed by atoms with Gasteiger partial charge in [0.1, 0.15) is 88.5 Å². The van der Waals surface area contributed by atoms with Crippen LogP contribution in [0.2, 0.25) is 0 Å². The molecular weight excluding hydrogens is 1620 g/mol. The molecule has 0 saturated heterocycles. The van der Waals surface area contributed by atoms with E-state index in [1.807, 2.05) is 0 Å². The number of imide groups is 4. The van der Waals surface area contributed by atoms with Crippen molar-refractivity contribution in [2.45, 2.75) is 6.92 Å². The van der Waals surface area contributed by atoms with Crippen LogP contribution in [-0.4, -0.2) is 170 Å². The third kappa shape index (κ3) is 17.5. The number of carbonyl (C=O) groups excluding carboxylic acids is 19. The largest absolute Gasteiger partial charge is 1.00 e. The molecule has 4 aliphatic heterocycles. The van der Waals surface area contributed by atoms with Gasteiger partial charge in [-0.05, 0) is 61.1 Å². The summed E-state index contributed by atoms with van der Waals surface area (Å²) in [6, 6.07) is 29.8. The average molecular weight is 1670 g/mol. The van der Waals surface area contributed by atoms with E-state index in [0.717, 1.165) is 0 Å². The third-order valence-electron chi connectivity index (χ3n) is 15.6.